The molecule has 1 aliphatic rings. The van der Waals surface area contributed by atoms with Crippen LogP contribution in [0.5, 0.6) is 5.75 Å². The first kappa shape index (κ1) is 22.2. The molecule has 2 heterocycles. The summed E-state index contributed by atoms with van der Waals surface area (Å²) >= 11 is 0. The predicted molar refractivity (Wildman–Crippen MR) is 113 cm³/mol. The number of amides is 1. The van der Waals surface area contributed by atoms with E-state index in [0.29, 0.717) is 43.0 Å². The van der Waals surface area contributed by atoms with Crippen LogP contribution in [0.2, 0.25) is 0 Å². The van der Waals surface area contributed by atoms with E-state index in [-0.39, 0.29) is 24.4 Å². The number of hydrogen-bond acceptors (Lipinski definition) is 4. The van der Waals surface area contributed by atoms with Gasteiger partial charge >= 0.3 is 0 Å². The Morgan fingerprint density at radius 2 is 1.86 bits per heavy atom. The number of hydrogen-bond donors (Lipinski definition) is 1. The second-order valence-corrected chi connectivity index (χ2v) is 7.82. The number of carbonyl (C=O) groups is 1. The first-order valence-electron chi connectivity index (χ1n) is 9.78. The summed E-state index contributed by atoms with van der Waals surface area (Å²) in [4.78, 5) is 15.0. The van der Waals surface area contributed by atoms with Crippen LogP contribution in [0.15, 0.2) is 36.5 Å². The molecule has 0 bridgehead atoms. The summed E-state index contributed by atoms with van der Waals surface area (Å²) in [7, 11) is 0. The van der Waals surface area contributed by atoms with Crippen molar-refractivity contribution < 1.29 is 9.53 Å². The number of ether oxygens (including phenoxy) is 1. The lowest BCUT2D eigenvalue weighted by Gasteiger charge is -2.33. The molecule has 7 heteroatoms. The summed E-state index contributed by atoms with van der Waals surface area (Å²) in [5.41, 5.74) is 7.31. The molecule has 0 spiro atoms. The third kappa shape index (κ3) is 5.26. The molecule has 1 atom stereocenters. The highest BCUT2D eigenvalue weighted by molar-refractivity contribution is 5.95. The van der Waals surface area contributed by atoms with Crippen molar-refractivity contribution >= 4 is 18.3 Å². The maximum absolute atomic E-state index is 13.1. The van der Waals surface area contributed by atoms with Gasteiger partial charge in [0.15, 0.2) is 11.4 Å². The molecule has 1 unspecified atom stereocenters. The Balaban J connectivity index is 0.00000280. The molecule has 1 aromatic heterocycles. The predicted octanol–water partition coefficient (Wildman–Crippen LogP) is 3.53. The van der Waals surface area contributed by atoms with Gasteiger partial charge in [-0.2, -0.15) is 5.10 Å². The van der Waals surface area contributed by atoms with E-state index in [1.807, 2.05) is 42.2 Å². The molecule has 2 N–H and O–H groups in total. The average molecular weight is 407 g/mol. The van der Waals surface area contributed by atoms with E-state index in [9.17, 15) is 4.79 Å². The molecule has 6 nitrogen and oxygen atoms in total. The van der Waals surface area contributed by atoms with Crippen molar-refractivity contribution in [2.75, 3.05) is 19.7 Å². The molecule has 0 aliphatic carbocycles. The zero-order valence-electron chi connectivity index (χ0n) is 16.9. The van der Waals surface area contributed by atoms with Gasteiger partial charge in [-0.15, -0.1) is 12.4 Å². The number of carbonyl (C=O) groups excluding carboxylic acids is 1. The second kappa shape index (κ2) is 9.94. The summed E-state index contributed by atoms with van der Waals surface area (Å²) in [6.07, 6.45) is 3.68. The van der Waals surface area contributed by atoms with E-state index in [4.69, 9.17) is 10.5 Å². The lowest BCUT2D eigenvalue weighted by molar-refractivity contribution is 0.0669. The van der Waals surface area contributed by atoms with Gasteiger partial charge in [-0.25, -0.2) is 4.68 Å². The van der Waals surface area contributed by atoms with Crippen LogP contribution in [0.3, 0.4) is 0 Å². The molecule has 1 fully saturated rings. The number of nitrogens with two attached hydrogens (primary N) is 1. The van der Waals surface area contributed by atoms with Crippen molar-refractivity contribution in [2.45, 2.75) is 39.7 Å². The molecular weight excluding hydrogens is 376 g/mol. The van der Waals surface area contributed by atoms with Gasteiger partial charge in [0.2, 0.25) is 0 Å². The molecule has 2 aromatic rings. The smallest absolute Gasteiger partial charge is 0.278 e. The number of nitrogens with zero attached hydrogens (tertiary/aromatic N) is 3. The van der Waals surface area contributed by atoms with Crippen molar-refractivity contribution in [3.63, 3.8) is 0 Å². The van der Waals surface area contributed by atoms with Crippen molar-refractivity contribution in [1.29, 1.82) is 0 Å². The maximum Gasteiger partial charge on any atom is 0.278 e. The molecule has 1 amide bonds. The Bertz CT molecular complexity index is 753. The number of halogens is 1. The van der Waals surface area contributed by atoms with Crippen molar-refractivity contribution in [3.05, 3.63) is 42.2 Å². The van der Waals surface area contributed by atoms with Crippen molar-refractivity contribution in [3.8, 4) is 11.4 Å². The molecule has 28 heavy (non-hydrogen) atoms. The molecule has 1 aromatic carbocycles. The largest absolute Gasteiger partial charge is 0.489 e. The van der Waals surface area contributed by atoms with Gasteiger partial charge in [-0.1, -0.05) is 32.0 Å². The van der Waals surface area contributed by atoms with Gasteiger partial charge in [-0.3, -0.25) is 4.79 Å². The Morgan fingerprint density at radius 3 is 2.43 bits per heavy atom. The number of likely N-dealkylation sites (tertiary alicyclic amines) is 1. The number of piperidine rings is 1. The van der Waals surface area contributed by atoms with Crippen LogP contribution in [0.25, 0.3) is 5.69 Å². The van der Waals surface area contributed by atoms with Crippen LogP contribution in [0, 0.1) is 11.8 Å². The van der Waals surface area contributed by atoms with E-state index in [0.717, 1.165) is 18.5 Å². The van der Waals surface area contributed by atoms with Crippen LogP contribution >= 0.6 is 12.4 Å². The van der Waals surface area contributed by atoms with Crippen molar-refractivity contribution in [2.24, 2.45) is 17.6 Å². The van der Waals surface area contributed by atoms with Crippen LogP contribution in [0.1, 0.15) is 44.1 Å². The van der Waals surface area contributed by atoms with Gasteiger partial charge in [0.1, 0.15) is 0 Å². The summed E-state index contributed by atoms with van der Waals surface area (Å²) in [5.74, 6) is 1.33. The van der Waals surface area contributed by atoms with E-state index in [1.165, 1.54) is 0 Å². The molecular formula is C21H31ClN4O2. The molecule has 1 aliphatic heterocycles. The first-order chi connectivity index (χ1) is 13.0. The monoisotopic (exact) mass is 406 g/mol. The summed E-state index contributed by atoms with van der Waals surface area (Å²) < 4.78 is 7.64. The van der Waals surface area contributed by atoms with Gasteiger partial charge in [-0.05, 0) is 43.7 Å². The number of rotatable bonds is 6. The zero-order chi connectivity index (χ0) is 19.4. The fourth-order valence-corrected chi connectivity index (χ4v) is 3.36. The Kier molecular flexibility index (Phi) is 7.89. The highest BCUT2D eigenvalue weighted by atomic mass is 35.5. The van der Waals surface area contributed by atoms with Gasteiger partial charge in [0, 0.05) is 19.1 Å². The van der Waals surface area contributed by atoms with Gasteiger partial charge in [0.05, 0.1) is 18.5 Å². The quantitative estimate of drug-likeness (QED) is 0.796. The average Bonchev–Trinajstić information content (AvgIpc) is 3.11. The summed E-state index contributed by atoms with van der Waals surface area (Å²) in [6.45, 7) is 8.19. The van der Waals surface area contributed by atoms with Crippen molar-refractivity contribution in [1.82, 2.24) is 14.7 Å². The molecule has 1 saturated heterocycles. The van der Waals surface area contributed by atoms with E-state index >= 15 is 0 Å². The third-order valence-electron chi connectivity index (χ3n) is 5.05. The lowest BCUT2D eigenvalue weighted by atomic mass is 9.91. The molecule has 0 radical (unpaired) electrons. The summed E-state index contributed by atoms with van der Waals surface area (Å²) in [6, 6.07) is 9.95. The fraction of sp³-hybridized carbons (Fsp3) is 0.524. The Labute approximate surface area is 173 Å². The first-order valence-corrected chi connectivity index (χ1v) is 9.78. The Morgan fingerprint density at radius 1 is 1.21 bits per heavy atom. The standard InChI is InChI=1S/C21H30N4O2.ClH/c1-15(2)14-27-19-13-25(18-7-5-4-6-8-18)23-20(19)21(26)24-11-9-17(10-12-24)16(3)22;/h4-8,13,15-17H,9-12,14,22H2,1-3H3;1H. The van der Waals surface area contributed by atoms with Crippen LogP contribution in [-0.2, 0) is 0 Å². The Hall–Kier alpha value is -2.05. The minimum atomic E-state index is -0.0634. The minimum absolute atomic E-state index is 0. The van der Waals surface area contributed by atoms with Crippen LogP contribution < -0.4 is 10.5 Å². The normalized spacial score (nSPS) is 16.0. The second-order valence-electron chi connectivity index (χ2n) is 7.82. The van der Waals surface area contributed by atoms with E-state index in [1.54, 1.807) is 10.9 Å². The maximum atomic E-state index is 13.1. The lowest BCUT2D eigenvalue weighted by Crippen LogP contribution is -2.42. The SMILES string of the molecule is CC(C)COc1cn(-c2ccccc2)nc1C(=O)N1CCC(C(C)N)CC1.Cl. The number of aromatic nitrogens is 2. The highest BCUT2D eigenvalue weighted by Crippen LogP contribution is 2.25. The molecule has 154 valence electrons. The number of benzene rings is 1. The van der Waals surface area contributed by atoms with E-state index in [2.05, 4.69) is 18.9 Å². The summed E-state index contributed by atoms with van der Waals surface area (Å²) in [5, 5.41) is 4.56. The van der Waals surface area contributed by atoms with E-state index < -0.39 is 0 Å². The van der Waals surface area contributed by atoms with Crippen LogP contribution in [0.4, 0.5) is 0 Å². The number of para-hydroxylation sites is 1. The van der Waals surface area contributed by atoms with Gasteiger partial charge in [0.25, 0.3) is 5.91 Å². The zero-order valence-corrected chi connectivity index (χ0v) is 17.7. The highest BCUT2D eigenvalue weighted by Gasteiger charge is 2.29. The third-order valence-corrected chi connectivity index (χ3v) is 5.05. The fourth-order valence-electron chi connectivity index (χ4n) is 3.36. The topological polar surface area (TPSA) is 73.4 Å². The molecule has 3 rings (SSSR count). The van der Waals surface area contributed by atoms with Crippen LogP contribution in [-0.4, -0.2) is 46.3 Å². The molecule has 0 saturated carbocycles. The minimum Gasteiger partial charge on any atom is -0.489 e. The van der Waals surface area contributed by atoms with Gasteiger partial charge < -0.3 is 15.4 Å².